The fourth-order valence-corrected chi connectivity index (χ4v) is 3.46. The Morgan fingerprint density at radius 3 is 2.71 bits per heavy atom. The first-order chi connectivity index (χ1) is 10.1. The van der Waals surface area contributed by atoms with Crippen LogP contribution in [0.3, 0.4) is 0 Å². The second kappa shape index (κ2) is 5.68. The number of likely N-dealkylation sites (N-methyl/N-ethyl adjacent to an activating group) is 1. The zero-order valence-electron chi connectivity index (χ0n) is 12.1. The van der Waals surface area contributed by atoms with Crippen LogP contribution >= 0.6 is 11.6 Å². The van der Waals surface area contributed by atoms with E-state index in [0.717, 1.165) is 25.9 Å². The van der Waals surface area contributed by atoms with Crippen LogP contribution in [0.2, 0.25) is 5.02 Å². The summed E-state index contributed by atoms with van der Waals surface area (Å²) in [6, 6.07) is 6.58. The molecule has 2 amide bonds. The molecule has 0 aliphatic carbocycles. The molecule has 2 fully saturated rings. The number of hydrogen-bond donors (Lipinski definition) is 0. The maximum Gasteiger partial charge on any atom is 0.254 e. The fourth-order valence-electron chi connectivity index (χ4n) is 3.34. The van der Waals surface area contributed by atoms with E-state index in [1.54, 1.807) is 29.2 Å². The van der Waals surface area contributed by atoms with Gasteiger partial charge < -0.3 is 9.80 Å². The third-order valence-corrected chi connectivity index (χ3v) is 4.77. The molecule has 2 atom stereocenters. The molecule has 0 aromatic heterocycles. The van der Waals surface area contributed by atoms with Crippen LogP contribution in [0.1, 0.15) is 30.1 Å². The lowest BCUT2D eigenvalue weighted by Gasteiger charge is -2.46. The molecule has 0 spiro atoms. The van der Waals surface area contributed by atoms with E-state index in [0.29, 0.717) is 23.0 Å². The van der Waals surface area contributed by atoms with Crippen LogP contribution in [0.5, 0.6) is 0 Å². The number of nitrogens with zero attached hydrogens (tertiary/aromatic N) is 2. The molecule has 2 heterocycles. The quantitative estimate of drug-likeness (QED) is 0.842. The number of fused-ring (bicyclic) bond motifs is 2. The molecule has 0 unspecified atom stereocenters. The Kier molecular flexibility index (Phi) is 3.89. The van der Waals surface area contributed by atoms with Gasteiger partial charge in [-0.3, -0.25) is 9.59 Å². The molecule has 2 aliphatic rings. The van der Waals surface area contributed by atoms with Crippen molar-refractivity contribution in [3.8, 4) is 0 Å². The molecule has 2 saturated heterocycles. The molecule has 0 saturated carbocycles. The molecule has 21 heavy (non-hydrogen) atoms. The zero-order chi connectivity index (χ0) is 15.0. The van der Waals surface area contributed by atoms with Gasteiger partial charge >= 0.3 is 0 Å². The highest BCUT2D eigenvalue weighted by atomic mass is 35.5. The topological polar surface area (TPSA) is 40.6 Å². The maximum atomic E-state index is 12.7. The first-order valence-corrected chi connectivity index (χ1v) is 7.83. The minimum Gasteiger partial charge on any atom is -0.341 e. The lowest BCUT2D eigenvalue weighted by atomic mass is 9.85. The Bertz CT molecular complexity index is 558. The number of amides is 2. The van der Waals surface area contributed by atoms with Gasteiger partial charge in [0.15, 0.2) is 0 Å². The van der Waals surface area contributed by atoms with Crippen molar-refractivity contribution in [3.05, 3.63) is 34.9 Å². The molecule has 1 aromatic carbocycles. The van der Waals surface area contributed by atoms with Gasteiger partial charge in [-0.1, -0.05) is 11.6 Å². The van der Waals surface area contributed by atoms with Crippen LogP contribution < -0.4 is 0 Å². The summed E-state index contributed by atoms with van der Waals surface area (Å²) in [4.78, 5) is 28.8. The Morgan fingerprint density at radius 1 is 1.33 bits per heavy atom. The lowest BCUT2D eigenvalue weighted by molar-refractivity contribution is -0.143. The van der Waals surface area contributed by atoms with Gasteiger partial charge in [0.1, 0.15) is 6.04 Å². The monoisotopic (exact) mass is 306 g/mol. The van der Waals surface area contributed by atoms with Crippen molar-refractivity contribution < 1.29 is 9.59 Å². The van der Waals surface area contributed by atoms with Crippen molar-refractivity contribution in [2.45, 2.75) is 25.8 Å². The molecule has 112 valence electrons. The minimum absolute atomic E-state index is 0.0681. The number of rotatable bonds is 2. The van der Waals surface area contributed by atoms with Crippen molar-refractivity contribution in [2.24, 2.45) is 5.92 Å². The Hall–Kier alpha value is -1.55. The highest BCUT2D eigenvalue weighted by molar-refractivity contribution is 6.30. The molecule has 2 bridgehead atoms. The average Bonchev–Trinajstić information content (AvgIpc) is 2.51. The van der Waals surface area contributed by atoms with Gasteiger partial charge in [0, 0.05) is 30.2 Å². The highest BCUT2D eigenvalue weighted by Crippen LogP contribution is 2.31. The first kappa shape index (κ1) is 14.4. The predicted octanol–water partition coefficient (Wildman–Crippen LogP) is 2.42. The van der Waals surface area contributed by atoms with E-state index in [-0.39, 0.29) is 17.9 Å². The summed E-state index contributed by atoms with van der Waals surface area (Å²) >= 11 is 5.86. The van der Waals surface area contributed by atoms with Crippen molar-refractivity contribution in [1.29, 1.82) is 0 Å². The number of benzene rings is 1. The summed E-state index contributed by atoms with van der Waals surface area (Å²) < 4.78 is 0. The number of likely N-dealkylation sites (tertiary alicyclic amines) is 2. The van der Waals surface area contributed by atoms with Gasteiger partial charge in [0.25, 0.3) is 5.91 Å². The normalized spacial score (nSPS) is 25.1. The van der Waals surface area contributed by atoms with Crippen LogP contribution in [-0.2, 0) is 4.79 Å². The van der Waals surface area contributed by atoms with E-state index in [1.165, 1.54) is 0 Å². The molecule has 0 N–H and O–H groups in total. The first-order valence-electron chi connectivity index (χ1n) is 7.45. The Morgan fingerprint density at radius 2 is 2.05 bits per heavy atom. The molecular formula is C16H19ClN2O2. The molecule has 1 aromatic rings. The zero-order valence-corrected chi connectivity index (χ0v) is 12.8. The van der Waals surface area contributed by atoms with Gasteiger partial charge in [-0.2, -0.15) is 0 Å². The second-order valence-corrected chi connectivity index (χ2v) is 6.22. The SMILES string of the molecule is CCN1C[C@H]2CCN(C(=O)c3ccc(Cl)cc3)[C@H](C2)C1=O. The summed E-state index contributed by atoms with van der Waals surface area (Å²) in [5, 5.41) is 0.608. The summed E-state index contributed by atoms with van der Waals surface area (Å²) in [7, 11) is 0. The summed E-state index contributed by atoms with van der Waals surface area (Å²) in [5.74, 6) is 0.555. The molecule has 3 rings (SSSR count). The smallest absolute Gasteiger partial charge is 0.254 e. The highest BCUT2D eigenvalue weighted by Gasteiger charge is 2.42. The fraction of sp³-hybridized carbons (Fsp3) is 0.500. The molecule has 0 radical (unpaired) electrons. The molecule has 4 nitrogen and oxygen atoms in total. The van der Waals surface area contributed by atoms with E-state index in [2.05, 4.69) is 0 Å². The van der Waals surface area contributed by atoms with E-state index < -0.39 is 0 Å². The summed E-state index contributed by atoms with van der Waals surface area (Å²) in [6.45, 7) is 4.22. The van der Waals surface area contributed by atoms with E-state index in [1.807, 2.05) is 11.8 Å². The number of carbonyl (C=O) groups is 2. The third kappa shape index (κ3) is 2.64. The minimum atomic E-state index is -0.291. The lowest BCUT2D eigenvalue weighted by Crippen LogP contribution is -2.60. The molecule has 5 heteroatoms. The van der Waals surface area contributed by atoms with E-state index in [9.17, 15) is 9.59 Å². The largest absolute Gasteiger partial charge is 0.341 e. The summed E-state index contributed by atoms with van der Waals surface area (Å²) in [6.07, 6.45) is 1.77. The maximum absolute atomic E-state index is 12.7. The number of halogens is 1. The van der Waals surface area contributed by atoms with Crippen LogP contribution in [0.25, 0.3) is 0 Å². The summed E-state index contributed by atoms with van der Waals surface area (Å²) in [5.41, 5.74) is 0.597. The third-order valence-electron chi connectivity index (χ3n) is 4.52. The van der Waals surface area contributed by atoms with Crippen LogP contribution in [0.4, 0.5) is 0 Å². The molecule has 2 aliphatic heterocycles. The van der Waals surface area contributed by atoms with Gasteiger partial charge in [-0.05, 0) is 49.9 Å². The number of piperidine rings is 2. The van der Waals surface area contributed by atoms with Crippen LogP contribution in [-0.4, -0.2) is 47.3 Å². The van der Waals surface area contributed by atoms with E-state index in [4.69, 9.17) is 11.6 Å². The molecular weight excluding hydrogens is 288 g/mol. The van der Waals surface area contributed by atoms with Gasteiger partial charge in [-0.15, -0.1) is 0 Å². The van der Waals surface area contributed by atoms with Crippen molar-refractivity contribution in [2.75, 3.05) is 19.6 Å². The standard InChI is InChI=1S/C16H19ClN2O2/c1-2-18-10-11-7-8-19(14(9-11)16(18)21)15(20)12-3-5-13(17)6-4-12/h3-6,11,14H,2,7-10H2,1H3/t11-,14+/m0/s1. The number of hydrogen-bond acceptors (Lipinski definition) is 2. The Balaban J connectivity index is 1.83. The Labute approximate surface area is 129 Å². The van der Waals surface area contributed by atoms with Gasteiger partial charge in [0.2, 0.25) is 5.91 Å². The van der Waals surface area contributed by atoms with Crippen molar-refractivity contribution >= 4 is 23.4 Å². The van der Waals surface area contributed by atoms with Gasteiger partial charge in [-0.25, -0.2) is 0 Å². The second-order valence-electron chi connectivity index (χ2n) is 5.79. The van der Waals surface area contributed by atoms with E-state index >= 15 is 0 Å². The number of carbonyl (C=O) groups excluding carboxylic acids is 2. The van der Waals surface area contributed by atoms with Crippen LogP contribution in [0, 0.1) is 5.92 Å². The predicted molar refractivity (Wildman–Crippen MR) is 81.3 cm³/mol. The van der Waals surface area contributed by atoms with Crippen molar-refractivity contribution in [1.82, 2.24) is 9.80 Å². The van der Waals surface area contributed by atoms with Crippen molar-refractivity contribution in [3.63, 3.8) is 0 Å². The average molecular weight is 307 g/mol. The van der Waals surface area contributed by atoms with Gasteiger partial charge in [0.05, 0.1) is 0 Å². The van der Waals surface area contributed by atoms with Crippen LogP contribution in [0.15, 0.2) is 24.3 Å².